The Balaban J connectivity index is 1.79. The van der Waals surface area contributed by atoms with Crippen LogP contribution >= 0.6 is 23.2 Å². The highest BCUT2D eigenvalue weighted by molar-refractivity contribution is 6.31. The summed E-state index contributed by atoms with van der Waals surface area (Å²) < 4.78 is 43.1. The molecular formula is C34H35Cl2F2N3O6. The van der Waals surface area contributed by atoms with Gasteiger partial charge in [-0.05, 0) is 56.0 Å². The van der Waals surface area contributed by atoms with Crippen molar-refractivity contribution >= 4 is 35.3 Å². The standard InChI is InChI=1S/C34H35Cl2F2N3O6/c1-33(2,31(44)46-18-20-7-4-3-5-8-20)16-27-34(19-39,24-12-11-21(35)15-26(24)37)28(23-9-6-10-25(36)29(23)38)30(41-27)47-32(45)40-14-13-22(43)17-42/h3-12,15,22,27-28,30,41-43H,13-14,16-18H2,1-2H3,(H,40,45)/t22-,27-,28-,30+,34-/m0/s1. The van der Waals surface area contributed by atoms with E-state index in [0.717, 1.165) is 11.6 Å². The number of aliphatic hydroxyl groups excluding tert-OH is 2. The highest BCUT2D eigenvalue weighted by Gasteiger charge is 2.61. The molecule has 1 fully saturated rings. The molecule has 3 aromatic rings. The second-order valence-electron chi connectivity index (χ2n) is 12.0. The van der Waals surface area contributed by atoms with E-state index in [2.05, 4.69) is 16.7 Å². The molecule has 0 radical (unpaired) electrons. The molecule has 13 heteroatoms. The number of carbonyl (C=O) groups excluding carboxylic acids is 2. The second-order valence-corrected chi connectivity index (χ2v) is 12.8. The smallest absolute Gasteiger partial charge is 0.408 e. The molecule has 0 bridgehead atoms. The lowest BCUT2D eigenvalue weighted by Crippen LogP contribution is -2.46. The molecule has 250 valence electrons. The predicted octanol–water partition coefficient (Wildman–Crippen LogP) is 5.74. The summed E-state index contributed by atoms with van der Waals surface area (Å²) in [5.41, 5.74) is -2.83. The molecule has 0 unspecified atom stereocenters. The van der Waals surface area contributed by atoms with Gasteiger partial charge in [0.05, 0.1) is 35.1 Å². The Kier molecular flexibility index (Phi) is 11.8. The zero-order valence-electron chi connectivity index (χ0n) is 25.7. The Morgan fingerprint density at radius 2 is 1.85 bits per heavy atom. The lowest BCUT2D eigenvalue weighted by atomic mass is 9.63. The molecule has 4 rings (SSSR count). The summed E-state index contributed by atoms with van der Waals surface area (Å²) in [5.74, 6) is -3.78. The lowest BCUT2D eigenvalue weighted by Gasteiger charge is -2.37. The summed E-state index contributed by atoms with van der Waals surface area (Å²) in [6.07, 6.45) is -3.65. The normalized spacial score (nSPS) is 21.5. The van der Waals surface area contributed by atoms with Gasteiger partial charge in [-0.3, -0.25) is 10.1 Å². The van der Waals surface area contributed by atoms with Gasteiger partial charge in [0.15, 0.2) is 6.23 Å². The molecule has 1 aliphatic rings. The number of alkyl carbamates (subject to hydrolysis) is 1. The minimum Gasteiger partial charge on any atom is -0.460 e. The minimum atomic E-state index is -1.99. The molecule has 0 aromatic heterocycles. The molecule has 1 amide bonds. The number of aliphatic hydroxyl groups is 2. The van der Waals surface area contributed by atoms with Crippen LogP contribution in [0.3, 0.4) is 0 Å². The second kappa shape index (κ2) is 15.4. The first kappa shape index (κ1) is 36.1. The van der Waals surface area contributed by atoms with Crippen LogP contribution < -0.4 is 10.6 Å². The van der Waals surface area contributed by atoms with Crippen LogP contribution in [0, 0.1) is 28.4 Å². The Morgan fingerprint density at radius 3 is 2.51 bits per heavy atom. The number of ether oxygens (including phenoxy) is 2. The van der Waals surface area contributed by atoms with Crippen molar-refractivity contribution in [2.75, 3.05) is 13.2 Å². The van der Waals surface area contributed by atoms with E-state index < -0.39 is 65.4 Å². The number of nitrogens with one attached hydrogen (secondary N) is 2. The summed E-state index contributed by atoms with van der Waals surface area (Å²) in [7, 11) is 0. The SMILES string of the molecule is CC(C)(C[C@@H]1N[C@H](OC(=O)NCC[C@H](O)CO)[C@H](c2cccc(Cl)c2F)[C@@]1(C#N)c1ccc(Cl)cc1F)C(=O)OCc1ccccc1. The number of hydrogen-bond donors (Lipinski definition) is 4. The number of amides is 1. The maximum Gasteiger partial charge on any atom is 0.408 e. The number of nitriles is 1. The number of rotatable bonds is 12. The fraction of sp³-hybridized carbons (Fsp3) is 0.382. The highest BCUT2D eigenvalue weighted by atomic mass is 35.5. The van der Waals surface area contributed by atoms with Gasteiger partial charge in [-0.25, -0.2) is 13.6 Å². The van der Waals surface area contributed by atoms with Crippen molar-refractivity contribution in [1.29, 1.82) is 5.26 Å². The van der Waals surface area contributed by atoms with Crippen molar-refractivity contribution in [1.82, 2.24) is 10.6 Å². The zero-order valence-corrected chi connectivity index (χ0v) is 27.2. The van der Waals surface area contributed by atoms with Crippen molar-refractivity contribution in [2.24, 2.45) is 5.41 Å². The first-order valence-electron chi connectivity index (χ1n) is 14.8. The summed E-state index contributed by atoms with van der Waals surface area (Å²) in [6, 6.07) is 17.9. The molecular weight excluding hydrogens is 655 g/mol. The molecule has 0 aliphatic carbocycles. The first-order chi connectivity index (χ1) is 22.3. The van der Waals surface area contributed by atoms with Crippen LogP contribution in [0.25, 0.3) is 0 Å². The predicted molar refractivity (Wildman–Crippen MR) is 170 cm³/mol. The van der Waals surface area contributed by atoms with Gasteiger partial charge < -0.3 is 25.0 Å². The molecule has 4 N–H and O–H groups in total. The van der Waals surface area contributed by atoms with Crippen LogP contribution in [-0.2, 0) is 26.3 Å². The Hall–Kier alpha value is -3.79. The summed E-state index contributed by atoms with van der Waals surface area (Å²) >= 11 is 12.2. The quantitative estimate of drug-likeness (QED) is 0.176. The van der Waals surface area contributed by atoms with Gasteiger partial charge in [-0.1, -0.05) is 71.7 Å². The molecule has 0 saturated carbocycles. The molecule has 9 nitrogen and oxygen atoms in total. The number of nitrogens with zero attached hydrogens (tertiary/aromatic N) is 1. The van der Waals surface area contributed by atoms with Gasteiger partial charge in [0, 0.05) is 23.2 Å². The monoisotopic (exact) mass is 689 g/mol. The van der Waals surface area contributed by atoms with E-state index >= 15 is 8.78 Å². The Labute approximate surface area is 281 Å². The molecule has 5 atom stereocenters. The van der Waals surface area contributed by atoms with Gasteiger partial charge in [-0.2, -0.15) is 5.26 Å². The molecule has 1 heterocycles. The van der Waals surface area contributed by atoms with Crippen molar-refractivity contribution < 1.29 is 38.1 Å². The molecule has 47 heavy (non-hydrogen) atoms. The van der Waals surface area contributed by atoms with Gasteiger partial charge >= 0.3 is 12.1 Å². The van der Waals surface area contributed by atoms with Crippen LogP contribution in [0.1, 0.15) is 49.3 Å². The number of benzene rings is 3. The summed E-state index contributed by atoms with van der Waals surface area (Å²) in [6.45, 7) is 2.60. The average Bonchev–Trinajstić information content (AvgIpc) is 3.33. The number of hydrogen-bond acceptors (Lipinski definition) is 8. The topological polar surface area (TPSA) is 141 Å². The maximum atomic E-state index is 15.9. The van der Waals surface area contributed by atoms with Crippen LogP contribution in [-0.4, -0.2) is 53.8 Å². The third-order valence-electron chi connectivity index (χ3n) is 8.26. The van der Waals surface area contributed by atoms with Crippen molar-refractivity contribution in [3.8, 4) is 6.07 Å². The molecule has 1 aliphatic heterocycles. The minimum absolute atomic E-state index is 0.00999. The van der Waals surface area contributed by atoms with Crippen LogP contribution in [0.4, 0.5) is 13.6 Å². The Morgan fingerprint density at radius 1 is 1.13 bits per heavy atom. The van der Waals surface area contributed by atoms with E-state index in [0.29, 0.717) is 0 Å². The first-order valence-corrected chi connectivity index (χ1v) is 15.6. The average molecular weight is 691 g/mol. The molecule has 0 spiro atoms. The van der Waals surface area contributed by atoms with Crippen LogP contribution in [0.5, 0.6) is 0 Å². The zero-order chi connectivity index (χ0) is 34.4. The van der Waals surface area contributed by atoms with E-state index in [1.165, 1.54) is 30.3 Å². The third-order valence-corrected chi connectivity index (χ3v) is 8.79. The summed E-state index contributed by atoms with van der Waals surface area (Å²) in [4.78, 5) is 26.4. The van der Waals surface area contributed by atoms with Gasteiger partial charge in [0.1, 0.15) is 23.7 Å². The molecule has 1 saturated heterocycles. The van der Waals surface area contributed by atoms with Crippen LogP contribution in [0.15, 0.2) is 66.7 Å². The number of esters is 1. The molecule has 3 aromatic carbocycles. The highest BCUT2D eigenvalue weighted by Crippen LogP contribution is 2.53. The van der Waals surface area contributed by atoms with E-state index in [1.54, 1.807) is 38.1 Å². The largest absolute Gasteiger partial charge is 0.460 e. The fourth-order valence-electron chi connectivity index (χ4n) is 5.86. The van der Waals surface area contributed by atoms with E-state index in [1.807, 2.05) is 6.07 Å². The van der Waals surface area contributed by atoms with E-state index in [-0.39, 0.29) is 47.2 Å². The fourth-order valence-corrected chi connectivity index (χ4v) is 6.20. The van der Waals surface area contributed by atoms with E-state index in [4.69, 9.17) is 37.8 Å². The third kappa shape index (κ3) is 8.03. The lowest BCUT2D eigenvalue weighted by molar-refractivity contribution is -0.156. The number of halogens is 4. The van der Waals surface area contributed by atoms with Crippen molar-refractivity contribution in [3.05, 3.63) is 105 Å². The Bertz CT molecular complexity index is 1620. The van der Waals surface area contributed by atoms with Gasteiger partial charge in [0.25, 0.3) is 0 Å². The van der Waals surface area contributed by atoms with Crippen molar-refractivity contribution in [2.45, 2.75) is 63.0 Å². The van der Waals surface area contributed by atoms with Gasteiger partial charge in [0.2, 0.25) is 0 Å². The maximum absolute atomic E-state index is 15.9. The van der Waals surface area contributed by atoms with Gasteiger partial charge in [-0.15, -0.1) is 0 Å². The summed E-state index contributed by atoms with van der Waals surface area (Å²) in [5, 5.41) is 35.0. The number of carbonyl (C=O) groups is 2. The van der Waals surface area contributed by atoms with Crippen molar-refractivity contribution in [3.63, 3.8) is 0 Å². The van der Waals surface area contributed by atoms with Crippen LogP contribution in [0.2, 0.25) is 10.0 Å². The van der Waals surface area contributed by atoms with E-state index in [9.17, 15) is 20.0 Å².